The van der Waals surface area contributed by atoms with Crippen molar-refractivity contribution in [2.75, 3.05) is 13.7 Å². The summed E-state index contributed by atoms with van der Waals surface area (Å²) >= 11 is 0. The molecule has 0 saturated carbocycles. The molecule has 0 aliphatic heterocycles. The van der Waals surface area contributed by atoms with Crippen molar-refractivity contribution in [3.05, 3.63) is 65.2 Å². The minimum absolute atomic E-state index is 0.0742. The molecule has 0 aliphatic carbocycles. The Morgan fingerprint density at radius 2 is 1.76 bits per heavy atom. The Labute approximate surface area is 147 Å². The molecule has 0 unspecified atom stereocenters. The molecule has 0 spiro atoms. The normalized spacial score (nSPS) is 11.6. The average Bonchev–Trinajstić information content (AvgIpc) is 2.60. The second kappa shape index (κ2) is 8.99. The number of carbonyl (C=O) groups excluding carboxylic acids is 2. The smallest absolute Gasteiger partial charge is 0.303 e. The standard InChI is InChI=1S/C20H22O5/c1-14(21)17-9-10-19(24-12-16-7-5-4-6-8-16)18(11-17)20(13-23-3)25-15(2)22/h4-11,20H,12-13H2,1-3H3/t20-/m0/s1. The van der Waals surface area contributed by atoms with Crippen molar-refractivity contribution in [3.8, 4) is 5.75 Å². The highest BCUT2D eigenvalue weighted by molar-refractivity contribution is 5.94. The molecule has 0 aromatic heterocycles. The van der Waals surface area contributed by atoms with Gasteiger partial charge in [-0.2, -0.15) is 0 Å². The van der Waals surface area contributed by atoms with Crippen molar-refractivity contribution in [2.45, 2.75) is 26.6 Å². The van der Waals surface area contributed by atoms with Crippen LogP contribution in [0.2, 0.25) is 0 Å². The monoisotopic (exact) mass is 342 g/mol. The van der Waals surface area contributed by atoms with Gasteiger partial charge in [-0.25, -0.2) is 0 Å². The predicted octanol–water partition coefficient (Wildman–Crippen LogP) is 3.72. The minimum Gasteiger partial charge on any atom is -0.488 e. The lowest BCUT2D eigenvalue weighted by atomic mass is 10.0. The molecule has 5 heteroatoms. The lowest BCUT2D eigenvalue weighted by Crippen LogP contribution is -2.16. The van der Waals surface area contributed by atoms with E-state index in [-0.39, 0.29) is 12.4 Å². The van der Waals surface area contributed by atoms with Crippen LogP contribution in [0.5, 0.6) is 5.75 Å². The van der Waals surface area contributed by atoms with Crippen LogP contribution in [0.1, 0.15) is 41.4 Å². The summed E-state index contributed by atoms with van der Waals surface area (Å²) in [4.78, 5) is 23.1. The minimum atomic E-state index is -0.646. The summed E-state index contributed by atoms with van der Waals surface area (Å²) in [5.74, 6) is 0.0521. The number of benzene rings is 2. The van der Waals surface area contributed by atoms with Crippen LogP contribution < -0.4 is 4.74 Å². The number of esters is 1. The molecule has 0 bridgehead atoms. The van der Waals surface area contributed by atoms with Crippen molar-refractivity contribution in [1.29, 1.82) is 0 Å². The number of ether oxygens (including phenoxy) is 3. The second-order valence-corrected chi connectivity index (χ2v) is 5.64. The number of rotatable bonds is 8. The molecule has 132 valence electrons. The zero-order valence-corrected chi connectivity index (χ0v) is 14.7. The van der Waals surface area contributed by atoms with Crippen molar-refractivity contribution in [1.82, 2.24) is 0 Å². The van der Waals surface area contributed by atoms with Crippen LogP contribution in [0.3, 0.4) is 0 Å². The number of Topliss-reactive ketones (excluding diaryl/α,β-unsaturated/α-hetero) is 1. The first-order valence-electron chi connectivity index (χ1n) is 7.99. The summed E-state index contributed by atoms with van der Waals surface area (Å²) in [6.07, 6.45) is -0.646. The zero-order valence-electron chi connectivity index (χ0n) is 14.7. The van der Waals surface area contributed by atoms with Crippen LogP contribution in [0.25, 0.3) is 0 Å². The summed E-state index contributed by atoms with van der Waals surface area (Å²) in [6.45, 7) is 3.36. The summed E-state index contributed by atoms with van der Waals surface area (Å²) in [7, 11) is 1.52. The second-order valence-electron chi connectivity index (χ2n) is 5.64. The molecule has 2 aromatic carbocycles. The number of hydrogen-bond acceptors (Lipinski definition) is 5. The molecule has 0 fully saturated rings. The molecule has 0 N–H and O–H groups in total. The summed E-state index contributed by atoms with van der Waals surface area (Å²) in [6, 6.07) is 14.8. The van der Waals surface area contributed by atoms with Crippen LogP contribution in [0, 0.1) is 0 Å². The molecular weight excluding hydrogens is 320 g/mol. The van der Waals surface area contributed by atoms with E-state index in [1.54, 1.807) is 18.2 Å². The van der Waals surface area contributed by atoms with Crippen molar-refractivity contribution < 1.29 is 23.8 Å². The SMILES string of the molecule is COC[C@H](OC(C)=O)c1cc(C(C)=O)ccc1OCc1ccccc1. The van der Waals surface area contributed by atoms with Crippen molar-refractivity contribution in [3.63, 3.8) is 0 Å². The van der Waals surface area contributed by atoms with Crippen molar-refractivity contribution >= 4 is 11.8 Å². The Hall–Kier alpha value is -2.66. The molecular formula is C20H22O5. The predicted molar refractivity (Wildman–Crippen MR) is 93.6 cm³/mol. The first-order valence-corrected chi connectivity index (χ1v) is 7.99. The molecule has 0 heterocycles. The topological polar surface area (TPSA) is 61.8 Å². The Balaban J connectivity index is 2.32. The van der Waals surface area contributed by atoms with Gasteiger partial charge in [0.25, 0.3) is 0 Å². The largest absolute Gasteiger partial charge is 0.488 e. The number of carbonyl (C=O) groups is 2. The van der Waals surface area contributed by atoms with Gasteiger partial charge in [-0.15, -0.1) is 0 Å². The third kappa shape index (κ3) is 5.43. The average molecular weight is 342 g/mol. The molecule has 0 radical (unpaired) electrons. The highest BCUT2D eigenvalue weighted by Gasteiger charge is 2.21. The first kappa shape index (κ1) is 18.7. The molecule has 0 amide bonds. The number of ketones is 1. The Morgan fingerprint density at radius 3 is 2.36 bits per heavy atom. The Morgan fingerprint density at radius 1 is 1.04 bits per heavy atom. The van der Waals surface area contributed by atoms with Gasteiger partial charge in [-0.05, 0) is 30.7 Å². The summed E-state index contributed by atoms with van der Waals surface area (Å²) in [5.41, 5.74) is 2.15. The van der Waals surface area contributed by atoms with E-state index in [4.69, 9.17) is 14.2 Å². The lowest BCUT2D eigenvalue weighted by Gasteiger charge is -2.20. The van der Waals surface area contributed by atoms with Crippen molar-refractivity contribution in [2.24, 2.45) is 0 Å². The zero-order chi connectivity index (χ0) is 18.2. The fraction of sp³-hybridized carbons (Fsp3) is 0.300. The van der Waals surface area contributed by atoms with E-state index in [0.717, 1.165) is 5.56 Å². The molecule has 0 saturated heterocycles. The number of hydrogen-bond donors (Lipinski definition) is 0. The third-order valence-electron chi connectivity index (χ3n) is 3.63. The Kier molecular flexibility index (Phi) is 6.71. The maximum absolute atomic E-state index is 11.7. The van der Waals surface area contributed by atoms with Gasteiger partial charge in [0.05, 0.1) is 6.61 Å². The number of methoxy groups -OCH3 is 1. The van der Waals surface area contributed by atoms with Gasteiger partial charge in [0.15, 0.2) is 11.9 Å². The van der Waals surface area contributed by atoms with E-state index >= 15 is 0 Å². The quantitative estimate of drug-likeness (QED) is 0.540. The van der Waals surface area contributed by atoms with Crippen LogP contribution >= 0.6 is 0 Å². The van der Waals surface area contributed by atoms with Gasteiger partial charge in [0.1, 0.15) is 12.4 Å². The fourth-order valence-electron chi connectivity index (χ4n) is 2.42. The highest BCUT2D eigenvalue weighted by Crippen LogP contribution is 2.30. The molecule has 25 heavy (non-hydrogen) atoms. The molecule has 0 aliphatic rings. The van der Waals surface area contributed by atoms with Crippen LogP contribution in [0.15, 0.2) is 48.5 Å². The van der Waals surface area contributed by atoms with E-state index in [0.29, 0.717) is 23.5 Å². The lowest BCUT2D eigenvalue weighted by molar-refractivity contribution is -0.149. The van der Waals surface area contributed by atoms with Gasteiger partial charge in [0.2, 0.25) is 0 Å². The van der Waals surface area contributed by atoms with E-state index in [2.05, 4.69) is 0 Å². The van der Waals surface area contributed by atoms with Gasteiger partial charge in [-0.3, -0.25) is 9.59 Å². The molecule has 2 rings (SSSR count). The molecule has 5 nitrogen and oxygen atoms in total. The van der Waals surface area contributed by atoms with Gasteiger partial charge in [0, 0.05) is 25.2 Å². The maximum Gasteiger partial charge on any atom is 0.303 e. The Bertz CT molecular complexity index is 724. The van der Waals surface area contributed by atoms with E-state index in [1.165, 1.54) is 21.0 Å². The van der Waals surface area contributed by atoms with Gasteiger partial charge in [-0.1, -0.05) is 30.3 Å². The summed E-state index contributed by atoms with van der Waals surface area (Å²) in [5, 5.41) is 0. The van der Waals surface area contributed by atoms with Crippen LogP contribution in [0.4, 0.5) is 0 Å². The molecule has 2 aromatic rings. The summed E-state index contributed by atoms with van der Waals surface area (Å²) < 4.78 is 16.4. The first-order chi connectivity index (χ1) is 12.0. The third-order valence-corrected chi connectivity index (χ3v) is 3.63. The van der Waals surface area contributed by atoms with Crippen LogP contribution in [-0.4, -0.2) is 25.5 Å². The van der Waals surface area contributed by atoms with E-state index in [1.807, 2.05) is 30.3 Å². The maximum atomic E-state index is 11.7. The van der Waals surface area contributed by atoms with Gasteiger partial charge < -0.3 is 14.2 Å². The van der Waals surface area contributed by atoms with E-state index in [9.17, 15) is 9.59 Å². The van der Waals surface area contributed by atoms with E-state index < -0.39 is 12.1 Å². The molecule has 1 atom stereocenters. The highest BCUT2D eigenvalue weighted by atomic mass is 16.6. The van der Waals surface area contributed by atoms with Crippen LogP contribution in [-0.2, 0) is 20.9 Å². The van der Waals surface area contributed by atoms with Gasteiger partial charge >= 0.3 is 5.97 Å². The fourth-order valence-corrected chi connectivity index (χ4v) is 2.42.